The van der Waals surface area contributed by atoms with Crippen molar-refractivity contribution in [3.63, 3.8) is 0 Å². The SMILES string of the molecule is COCCOC(=O)C1=C(C)NC(SCC(=O)Nc2ccc(C)c(C)c2)=C(C#N)[C@H]1c1ccc(Cl)cc1. The monoisotopic (exact) mass is 525 g/mol. The summed E-state index contributed by atoms with van der Waals surface area (Å²) in [5.41, 5.74) is 4.86. The number of allylic oxidation sites excluding steroid dienone is 2. The molecular formula is C27H28ClN3O4S. The van der Waals surface area contributed by atoms with Crippen molar-refractivity contribution in [2.24, 2.45) is 0 Å². The Labute approximate surface area is 220 Å². The smallest absolute Gasteiger partial charge is 0.336 e. The Kier molecular flexibility index (Phi) is 9.59. The second kappa shape index (κ2) is 12.6. The summed E-state index contributed by atoms with van der Waals surface area (Å²) >= 11 is 7.28. The molecule has 1 aliphatic rings. The molecular weight excluding hydrogens is 498 g/mol. The molecule has 2 aromatic carbocycles. The molecule has 1 amide bonds. The summed E-state index contributed by atoms with van der Waals surface area (Å²) in [6.45, 7) is 6.09. The third kappa shape index (κ3) is 6.70. The van der Waals surface area contributed by atoms with Crippen LogP contribution in [0.25, 0.3) is 0 Å². The van der Waals surface area contributed by atoms with Crippen molar-refractivity contribution in [2.75, 3.05) is 31.4 Å². The highest BCUT2D eigenvalue weighted by Crippen LogP contribution is 2.41. The third-order valence-electron chi connectivity index (χ3n) is 5.73. The van der Waals surface area contributed by atoms with E-state index in [2.05, 4.69) is 16.7 Å². The van der Waals surface area contributed by atoms with Crippen LogP contribution < -0.4 is 10.6 Å². The van der Waals surface area contributed by atoms with E-state index in [4.69, 9.17) is 21.1 Å². The molecule has 7 nitrogen and oxygen atoms in total. The fourth-order valence-corrected chi connectivity index (χ4v) is 4.75. The molecule has 0 radical (unpaired) electrons. The third-order valence-corrected chi connectivity index (χ3v) is 7.00. The Morgan fingerprint density at radius 2 is 1.83 bits per heavy atom. The Balaban J connectivity index is 1.86. The maximum atomic E-state index is 13.0. The van der Waals surface area contributed by atoms with Crippen molar-refractivity contribution in [3.8, 4) is 6.07 Å². The first kappa shape index (κ1) is 27.3. The first-order valence-corrected chi connectivity index (χ1v) is 12.6. The van der Waals surface area contributed by atoms with Gasteiger partial charge in [-0.1, -0.05) is 41.6 Å². The zero-order valence-electron chi connectivity index (χ0n) is 20.6. The molecule has 0 saturated heterocycles. The van der Waals surface area contributed by atoms with E-state index in [1.54, 1.807) is 31.2 Å². The Morgan fingerprint density at radius 1 is 1.11 bits per heavy atom. The second-order valence-electron chi connectivity index (χ2n) is 8.27. The van der Waals surface area contributed by atoms with E-state index < -0.39 is 11.9 Å². The standard InChI is InChI=1S/C27H28ClN3O4S/c1-16-5-10-21(13-17(16)2)31-23(32)15-36-26-22(14-29)25(19-6-8-20(28)9-7-19)24(18(3)30-26)27(33)35-12-11-34-4/h5-10,13,25,30H,11-12,15H2,1-4H3,(H,31,32)/t25-/m1/s1. The van der Waals surface area contributed by atoms with Crippen LogP contribution in [0, 0.1) is 25.2 Å². The fraction of sp³-hybridized carbons (Fsp3) is 0.296. The average Bonchev–Trinajstić information content (AvgIpc) is 2.85. The normalized spacial score (nSPS) is 15.3. The van der Waals surface area contributed by atoms with E-state index in [0.29, 0.717) is 38.1 Å². The van der Waals surface area contributed by atoms with Gasteiger partial charge in [0.15, 0.2) is 0 Å². The number of carbonyl (C=O) groups is 2. The molecule has 0 aliphatic carbocycles. The number of dihydropyridines is 1. The van der Waals surface area contributed by atoms with Gasteiger partial charge in [0, 0.05) is 23.5 Å². The van der Waals surface area contributed by atoms with Crippen LogP contribution in [0.4, 0.5) is 5.69 Å². The highest BCUT2D eigenvalue weighted by atomic mass is 35.5. The number of nitriles is 1. The van der Waals surface area contributed by atoms with E-state index in [1.807, 2.05) is 32.0 Å². The van der Waals surface area contributed by atoms with Gasteiger partial charge < -0.3 is 20.1 Å². The number of nitrogens with zero attached hydrogens (tertiary/aromatic N) is 1. The second-order valence-corrected chi connectivity index (χ2v) is 9.69. The summed E-state index contributed by atoms with van der Waals surface area (Å²) < 4.78 is 10.4. The van der Waals surface area contributed by atoms with Crippen LogP contribution in [-0.2, 0) is 19.1 Å². The summed E-state index contributed by atoms with van der Waals surface area (Å²) in [6, 6.07) is 14.9. The minimum Gasteiger partial charge on any atom is -0.460 e. The van der Waals surface area contributed by atoms with Crippen LogP contribution in [0.2, 0.25) is 5.02 Å². The predicted molar refractivity (Wildman–Crippen MR) is 143 cm³/mol. The van der Waals surface area contributed by atoms with Crippen LogP contribution >= 0.6 is 23.4 Å². The predicted octanol–water partition coefficient (Wildman–Crippen LogP) is 5.21. The lowest BCUT2D eigenvalue weighted by Gasteiger charge is -2.29. The number of amides is 1. The lowest BCUT2D eigenvalue weighted by atomic mass is 9.82. The van der Waals surface area contributed by atoms with Crippen molar-refractivity contribution in [1.82, 2.24) is 5.32 Å². The summed E-state index contributed by atoms with van der Waals surface area (Å²) in [6.07, 6.45) is 0. The largest absolute Gasteiger partial charge is 0.460 e. The zero-order chi connectivity index (χ0) is 26.2. The fourth-order valence-electron chi connectivity index (χ4n) is 3.73. The molecule has 2 aromatic rings. The molecule has 2 N–H and O–H groups in total. The molecule has 0 aromatic heterocycles. The quantitative estimate of drug-likeness (QED) is 0.342. The van der Waals surface area contributed by atoms with Gasteiger partial charge in [-0.3, -0.25) is 4.79 Å². The molecule has 0 fully saturated rings. The van der Waals surface area contributed by atoms with Crippen LogP contribution in [0.5, 0.6) is 0 Å². The molecule has 1 heterocycles. The molecule has 0 unspecified atom stereocenters. The number of ether oxygens (including phenoxy) is 2. The molecule has 0 spiro atoms. The van der Waals surface area contributed by atoms with Crippen molar-refractivity contribution in [1.29, 1.82) is 5.26 Å². The van der Waals surface area contributed by atoms with E-state index in [0.717, 1.165) is 11.1 Å². The molecule has 9 heteroatoms. The molecule has 0 saturated carbocycles. The number of esters is 1. The number of benzene rings is 2. The molecule has 3 rings (SSSR count). The van der Waals surface area contributed by atoms with Gasteiger partial charge >= 0.3 is 5.97 Å². The van der Waals surface area contributed by atoms with Gasteiger partial charge in [0.1, 0.15) is 6.61 Å². The Bertz CT molecular complexity index is 1250. The maximum Gasteiger partial charge on any atom is 0.336 e. The van der Waals surface area contributed by atoms with Crippen LogP contribution in [0.15, 0.2) is 64.3 Å². The van der Waals surface area contributed by atoms with Crippen LogP contribution in [-0.4, -0.2) is 38.0 Å². The number of aryl methyl sites for hydroxylation is 2. The lowest BCUT2D eigenvalue weighted by molar-refractivity contribution is -0.140. The summed E-state index contributed by atoms with van der Waals surface area (Å²) in [5.74, 6) is -1.34. The van der Waals surface area contributed by atoms with Crippen molar-refractivity contribution >= 4 is 40.9 Å². The number of rotatable bonds is 9. The molecule has 188 valence electrons. The summed E-state index contributed by atoms with van der Waals surface area (Å²) in [7, 11) is 1.52. The molecule has 1 atom stereocenters. The summed E-state index contributed by atoms with van der Waals surface area (Å²) in [4.78, 5) is 25.7. The number of hydrogen-bond acceptors (Lipinski definition) is 7. The first-order valence-electron chi connectivity index (χ1n) is 11.3. The van der Waals surface area contributed by atoms with Crippen LogP contribution in [0.1, 0.15) is 29.5 Å². The number of methoxy groups -OCH3 is 1. The highest BCUT2D eigenvalue weighted by molar-refractivity contribution is 8.03. The first-order chi connectivity index (χ1) is 17.2. The number of thioether (sulfide) groups is 1. The zero-order valence-corrected chi connectivity index (χ0v) is 22.2. The van der Waals surface area contributed by atoms with E-state index in [-0.39, 0.29) is 24.9 Å². The van der Waals surface area contributed by atoms with E-state index in [1.165, 1.54) is 18.9 Å². The van der Waals surface area contributed by atoms with Crippen molar-refractivity contribution in [3.05, 3.63) is 86.0 Å². The van der Waals surface area contributed by atoms with Crippen LogP contribution in [0.3, 0.4) is 0 Å². The van der Waals surface area contributed by atoms with Gasteiger partial charge in [0.2, 0.25) is 5.91 Å². The van der Waals surface area contributed by atoms with Gasteiger partial charge in [0.25, 0.3) is 0 Å². The van der Waals surface area contributed by atoms with Crippen molar-refractivity contribution in [2.45, 2.75) is 26.7 Å². The number of anilines is 1. The summed E-state index contributed by atoms with van der Waals surface area (Å²) in [5, 5.41) is 17.2. The molecule has 36 heavy (non-hydrogen) atoms. The minimum absolute atomic E-state index is 0.0780. The number of halogens is 1. The van der Waals surface area contributed by atoms with E-state index >= 15 is 0 Å². The number of hydrogen-bond donors (Lipinski definition) is 2. The van der Waals surface area contributed by atoms with Gasteiger partial charge in [-0.2, -0.15) is 5.26 Å². The Morgan fingerprint density at radius 3 is 2.47 bits per heavy atom. The topological polar surface area (TPSA) is 100 Å². The highest BCUT2D eigenvalue weighted by Gasteiger charge is 2.35. The lowest BCUT2D eigenvalue weighted by Crippen LogP contribution is -2.29. The average molecular weight is 526 g/mol. The maximum absolute atomic E-state index is 13.0. The van der Waals surface area contributed by atoms with E-state index in [9.17, 15) is 14.9 Å². The van der Waals surface area contributed by atoms with Gasteiger partial charge in [-0.05, 0) is 61.7 Å². The number of carbonyl (C=O) groups excluding carboxylic acids is 2. The van der Waals surface area contributed by atoms with Crippen molar-refractivity contribution < 1.29 is 19.1 Å². The van der Waals surface area contributed by atoms with Gasteiger partial charge in [-0.25, -0.2) is 4.79 Å². The Hall–Kier alpha value is -3.25. The molecule has 0 bridgehead atoms. The molecule has 1 aliphatic heterocycles. The number of nitrogens with one attached hydrogen (secondary N) is 2. The van der Waals surface area contributed by atoms with Gasteiger partial charge in [-0.15, -0.1) is 0 Å². The minimum atomic E-state index is -0.672. The van der Waals surface area contributed by atoms with Gasteiger partial charge in [0.05, 0.1) is 40.5 Å².